The van der Waals surface area contributed by atoms with E-state index >= 15 is 0 Å². The van der Waals surface area contributed by atoms with E-state index < -0.39 is 0 Å². The lowest BCUT2D eigenvalue weighted by atomic mass is 10.2. The molecule has 19 heavy (non-hydrogen) atoms. The van der Waals surface area contributed by atoms with Crippen LogP contribution in [0.3, 0.4) is 0 Å². The van der Waals surface area contributed by atoms with Gasteiger partial charge in [-0.3, -0.25) is 0 Å². The van der Waals surface area contributed by atoms with Gasteiger partial charge in [-0.15, -0.1) is 10.2 Å². The van der Waals surface area contributed by atoms with Crippen molar-refractivity contribution in [2.24, 2.45) is 0 Å². The van der Waals surface area contributed by atoms with E-state index in [1.165, 1.54) is 24.5 Å². The molecule has 0 amide bonds. The highest BCUT2D eigenvalue weighted by Gasteiger charge is 2.16. The lowest BCUT2D eigenvalue weighted by Crippen LogP contribution is -2.14. The van der Waals surface area contributed by atoms with Crippen LogP contribution in [0.1, 0.15) is 24.4 Å². The summed E-state index contributed by atoms with van der Waals surface area (Å²) in [4.78, 5) is 0. The number of nitrogens with one attached hydrogen (secondary N) is 1. The van der Waals surface area contributed by atoms with E-state index in [4.69, 9.17) is 4.74 Å². The first-order chi connectivity index (χ1) is 9.19. The van der Waals surface area contributed by atoms with Crippen molar-refractivity contribution in [2.45, 2.75) is 19.4 Å². The molecule has 0 bridgehead atoms. The van der Waals surface area contributed by atoms with Gasteiger partial charge in [-0.25, -0.2) is 4.39 Å². The molecular formula is C13H16FN3OS. The minimum Gasteiger partial charge on any atom is -0.497 e. The van der Waals surface area contributed by atoms with Crippen LogP contribution in [0.2, 0.25) is 0 Å². The molecule has 0 fully saturated rings. The highest BCUT2D eigenvalue weighted by molar-refractivity contribution is 7.14. The zero-order valence-corrected chi connectivity index (χ0v) is 11.9. The van der Waals surface area contributed by atoms with Crippen LogP contribution in [-0.4, -0.2) is 24.4 Å². The number of hydrogen-bond acceptors (Lipinski definition) is 5. The lowest BCUT2D eigenvalue weighted by Gasteiger charge is -2.08. The van der Waals surface area contributed by atoms with Gasteiger partial charge in [-0.05, 0) is 25.6 Å². The number of aromatic nitrogens is 2. The van der Waals surface area contributed by atoms with Crippen LogP contribution >= 0.6 is 11.3 Å². The topological polar surface area (TPSA) is 47.0 Å². The SMILES string of the molecule is CCC(NC)c1nnc(-c2ccc(OC)cc2F)s1. The van der Waals surface area contributed by atoms with E-state index in [0.717, 1.165) is 11.4 Å². The molecule has 0 saturated carbocycles. The molecule has 0 saturated heterocycles. The van der Waals surface area contributed by atoms with E-state index in [0.29, 0.717) is 16.3 Å². The van der Waals surface area contributed by atoms with Gasteiger partial charge < -0.3 is 10.1 Å². The smallest absolute Gasteiger partial charge is 0.150 e. The molecule has 0 aliphatic carbocycles. The molecule has 1 heterocycles. The van der Waals surface area contributed by atoms with E-state index in [1.54, 1.807) is 12.1 Å². The number of ether oxygens (including phenoxy) is 1. The van der Waals surface area contributed by atoms with E-state index in [1.807, 2.05) is 7.05 Å². The van der Waals surface area contributed by atoms with Gasteiger partial charge in [0.15, 0.2) is 5.01 Å². The molecule has 2 rings (SSSR count). The molecule has 2 aromatic rings. The summed E-state index contributed by atoms with van der Waals surface area (Å²) in [5.74, 6) is 0.146. The first kappa shape index (κ1) is 13.9. The molecule has 0 aliphatic heterocycles. The van der Waals surface area contributed by atoms with Crippen molar-refractivity contribution in [2.75, 3.05) is 14.2 Å². The standard InChI is InChI=1S/C13H16FN3OS/c1-4-11(15-2)13-17-16-12(19-13)9-6-5-8(18-3)7-10(9)14/h5-7,11,15H,4H2,1-3H3. The average Bonchev–Trinajstić information content (AvgIpc) is 2.89. The van der Waals surface area contributed by atoms with E-state index in [2.05, 4.69) is 22.4 Å². The Labute approximate surface area is 115 Å². The summed E-state index contributed by atoms with van der Waals surface area (Å²) in [6.45, 7) is 2.07. The average molecular weight is 281 g/mol. The van der Waals surface area contributed by atoms with Crippen LogP contribution in [0.4, 0.5) is 4.39 Å². The minimum atomic E-state index is -0.348. The maximum Gasteiger partial charge on any atom is 0.150 e. The fraction of sp³-hybridized carbons (Fsp3) is 0.385. The summed E-state index contributed by atoms with van der Waals surface area (Å²) in [6, 6.07) is 4.90. The number of benzene rings is 1. The molecule has 102 valence electrons. The minimum absolute atomic E-state index is 0.160. The number of methoxy groups -OCH3 is 1. The molecule has 1 atom stereocenters. The van der Waals surface area contributed by atoms with Gasteiger partial charge in [0.05, 0.1) is 13.2 Å². The summed E-state index contributed by atoms with van der Waals surface area (Å²) in [6.07, 6.45) is 0.913. The molecule has 6 heteroatoms. The van der Waals surface area contributed by atoms with Crippen molar-refractivity contribution in [3.63, 3.8) is 0 Å². The molecule has 0 aliphatic rings. The predicted molar refractivity (Wildman–Crippen MR) is 73.9 cm³/mol. The quantitative estimate of drug-likeness (QED) is 0.915. The Hall–Kier alpha value is -1.53. The highest BCUT2D eigenvalue weighted by Crippen LogP contribution is 2.31. The van der Waals surface area contributed by atoms with Crippen molar-refractivity contribution in [3.8, 4) is 16.3 Å². The van der Waals surface area contributed by atoms with Crippen LogP contribution in [0.25, 0.3) is 10.6 Å². The van der Waals surface area contributed by atoms with Crippen LogP contribution < -0.4 is 10.1 Å². The molecule has 1 unspecified atom stereocenters. The fourth-order valence-electron chi connectivity index (χ4n) is 1.78. The molecule has 0 radical (unpaired) electrons. The fourth-order valence-corrected chi connectivity index (χ4v) is 2.85. The van der Waals surface area contributed by atoms with Crippen molar-refractivity contribution in [1.82, 2.24) is 15.5 Å². The summed E-state index contributed by atoms with van der Waals surface area (Å²) in [5, 5.41) is 12.8. The summed E-state index contributed by atoms with van der Waals surface area (Å²) in [7, 11) is 3.39. The molecule has 1 N–H and O–H groups in total. The van der Waals surface area contributed by atoms with Crippen LogP contribution in [-0.2, 0) is 0 Å². The number of rotatable bonds is 5. The van der Waals surface area contributed by atoms with E-state index in [9.17, 15) is 4.39 Å². The van der Waals surface area contributed by atoms with Crippen molar-refractivity contribution in [3.05, 3.63) is 29.0 Å². The summed E-state index contributed by atoms with van der Waals surface area (Å²) < 4.78 is 18.9. The third-order valence-electron chi connectivity index (χ3n) is 2.90. The third-order valence-corrected chi connectivity index (χ3v) is 3.97. The number of halogens is 1. The van der Waals surface area contributed by atoms with Crippen molar-refractivity contribution >= 4 is 11.3 Å². The molecule has 0 spiro atoms. The Morgan fingerprint density at radius 2 is 2.21 bits per heavy atom. The van der Waals surface area contributed by atoms with Gasteiger partial charge in [0, 0.05) is 11.6 Å². The zero-order chi connectivity index (χ0) is 13.8. The second-order valence-electron chi connectivity index (χ2n) is 4.04. The Morgan fingerprint density at radius 1 is 1.42 bits per heavy atom. The Morgan fingerprint density at radius 3 is 2.79 bits per heavy atom. The molecular weight excluding hydrogens is 265 g/mol. The zero-order valence-electron chi connectivity index (χ0n) is 11.1. The Balaban J connectivity index is 2.32. The van der Waals surface area contributed by atoms with Gasteiger partial charge in [-0.2, -0.15) is 0 Å². The van der Waals surface area contributed by atoms with Gasteiger partial charge in [0.2, 0.25) is 0 Å². The maximum absolute atomic E-state index is 13.9. The third kappa shape index (κ3) is 2.90. The maximum atomic E-state index is 13.9. The monoisotopic (exact) mass is 281 g/mol. The Kier molecular flexibility index (Phi) is 4.44. The molecule has 4 nitrogen and oxygen atoms in total. The number of nitrogens with zero attached hydrogens (tertiary/aromatic N) is 2. The Bertz CT molecular complexity index is 555. The molecule has 1 aromatic carbocycles. The second-order valence-corrected chi connectivity index (χ2v) is 5.05. The van der Waals surface area contributed by atoms with Crippen LogP contribution in [0.5, 0.6) is 5.75 Å². The second kappa shape index (κ2) is 6.08. The van der Waals surface area contributed by atoms with Gasteiger partial charge in [0.25, 0.3) is 0 Å². The van der Waals surface area contributed by atoms with Gasteiger partial charge in [-0.1, -0.05) is 18.3 Å². The van der Waals surface area contributed by atoms with Crippen molar-refractivity contribution in [1.29, 1.82) is 0 Å². The molecule has 1 aromatic heterocycles. The van der Waals surface area contributed by atoms with Crippen LogP contribution in [0.15, 0.2) is 18.2 Å². The van der Waals surface area contributed by atoms with Crippen LogP contribution in [0, 0.1) is 5.82 Å². The first-order valence-corrected chi connectivity index (χ1v) is 6.85. The lowest BCUT2D eigenvalue weighted by molar-refractivity contribution is 0.411. The van der Waals surface area contributed by atoms with E-state index in [-0.39, 0.29) is 11.9 Å². The van der Waals surface area contributed by atoms with Crippen molar-refractivity contribution < 1.29 is 9.13 Å². The first-order valence-electron chi connectivity index (χ1n) is 6.04. The van der Waals surface area contributed by atoms with Gasteiger partial charge >= 0.3 is 0 Å². The number of hydrogen-bond donors (Lipinski definition) is 1. The highest BCUT2D eigenvalue weighted by atomic mass is 32.1. The summed E-state index contributed by atoms with van der Waals surface area (Å²) in [5.41, 5.74) is 0.454. The predicted octanol–water partition coefficient (Wildman–Crippen LogP) is 3.02. The normalized spacial score (nSPS) is 12.4. The van der Waals surface area contributed by atoms with Gasteiger partial charge in [0.1, 0.15) is 16.6 Å². The summed E-state index contributed by atoms with van der Waals surface area (Å²) >= 11 is 1.41. The largest absolute Gasteiger partial charge is 0.497 e.